The molecule has 0 unspecified atom stereocenters. The van der Waals surface area contributed by atoms with Crippen LogP contribution in [-0.4, -0.2) is 35.5 Å². The molecule has 5 nitrogen and oxygen atoms in total. The van der Waals surface area contributed by atoms with Gasteiger partial charge in [0.1, 0.15) is 0 Å². The third kappa shape index (κ3) is 3.05. The van der Waals surface area contributed by atoms with Crippen LogP contribution in [0.5, 0.6) is 0 Å². The first-order valence-electron chi connectivity index (χ1n) is 6.39. The maximum Gasteiger partial charge on any atom is 0.269 e. The summed E-state index contributed by atoms with van der Waals surface area (Å²) in [6.07, 6.45) is 1.13. The molecular weight excluding hydrogens is 230 g/mol. The van der Waals surface area contributed by atoms with E-state index in [0.717, 1.165) is 38.2 Å². The highest BCUT2D eigenvalue weighted by Gasteiger charge is 2.23. The molecule has 1 aliphatic rings. The Morgan fingerprint density at radius 1 is 1.39 bits per heavy atom. The van der Waals surface area contributed by atoms with E-state index in [9.17, 15) is 10.1 Å². The predicted molar refractivity (Wildman–Crippen MR) is 70.5 cm³/mol. The molecule has 1 fully saturated rings. The molecule has 0 amide bonds. The number of hydrogen-bond donors (Lipinski definition) is 1. The second-order valence-electron chi connectivity index (χ2n) is 4.71. The number of benzene rings is 1. The van der Waals surface area contributed by atoms with E-state index < -0.39 is 0 Å². The lowest BCUT2D eigenvalue weighted by Gasteiger charge is -2.38. The van der Waals surface area contributed by atoms with Crippen LogP contribution in [0.3, 0.4) is 0 Å². The maximum atomic E-state index is 10.6. The zero-order chi connectivity index (χ0) is 13.0. The lowest BCUT2D eigenvalue weighted by Crippen LogP contribution is -2.56. The van der Waals surface area contributed by atoms with Crippen LogP contribution < -0.4 is 5.32 Å². The molecule has 5 heteroatoms. The number of non-ortho nitro benzene ring substituents is 1. The molecule has 0 spiro atoms. The standard InChI is InChI=1S/C13H19N3O2/c1-2-7-15(13-8-14-9-13)10-11-3-5-12(6-4-11)16(17)18/h3-6,13-14H,2,7-10H2,1H3. The van der Waals surface area contributed by atoms with Crippen LogP contribution in [-0.2, 0) is 6.54 Å². The third-order valence-electron chi connectivity index (χ3n) is 3.32. The molecule has 0 saturated carbocycles. The first kappa shape index (κ1) is 13.0. The lowest BCUT2D eigenvalue weighted by atomic mass is 10.1. The Balaban J connectivity index is 1.99. The molecule has 0 bridgehead atoms. The van der Waals surface area contributed by atoms with E-state index in [1.54, 1.807) is 12.1 Å². The van der Waals surface area contributed by atoms with Crippen molar-refractivity contribution in [2.75, 3.05) is 19.6 Å². The van der Waals surface area contributed by atoms with Gasteiger partial charge in [-0.2, -0.15) is 0 Å². The van der Waals surface area contributed by atoms with Gasteiger partial charge in [0, 0.05) is 37.8 Å². The number of nitrogens with one attached hydrogen (secondary N) is 1. The summed E-state index contributed by atoms with van der Waals surface area (Å²) in [6.45, 7) is 6.22. The summed E-state index contributed by atoms with van der Waals surface area (Å²) < 4.78 is 0. The highest BCUT2D eigenvalue weighted by atomic mass is 16.6. The van der Waals surface area contributed by atoms with Gasteiger partial charge in [-0.3, -0.25) is 15.0 Å². The Labute approximate surface area is 107 Å². The fraction of sp³-hybridized carbons (Fsp3) is 0.538. The molecular formula is C13H19N3O2. The molecule has 0 aliphatic carbocycles. The Hall–Kier alpha value is -1.46. The van der Waals surface area contributed by atoms with E-state index in [-0.39, 0.29) is 10.6 Å². The second kappa shape index (κ2) is 5.93. The van der Waals surface area contributed by atoms with Crippen LogP contribution in [0.2, 0.25) is 0 Å². The molecule has 18 heavy (non-hydrogen) atoms. The summed E-state index contributed by atoms with van der Waals surface area (Å²) in [6, 6.07) is 7.48. The summed E-state index contributed by atoms with van der Waals surface area (Å²) in [5.41, 5.74) is 1.30. The van der Waals surface area contributed by atoms with Gasteiger partial charge in [-0.1, -0.05) is 19.1 Å². The third-order valence-corrected chi connectivity index (χ3v) is 3.32. The number of hydrogen-bond acceptors (Lipinski definition) is 4. The largest absolute Gasteiger partial charge is 0.314 e. The molecule has 1 saturated heterocycles. The SMILES string of the molecule is CCCN(Cc1ccc([N+](=O)[O-])cc1)C1CNC1. The topological polar surface area (TPSA) is 58.4 Å². The minimum Gasteiger partial charge on any atom is -0.314 e. The van der Waals surface area contributed by atoms with E-state index in [1.165, 1.54) is 0 Å². The van der Waals surface area contributed by atoms with Crippen LogP contribution in [0, 0.1) is 10.1 Å². The molecule has 1 aromatic carbocycles. The fourth-order valence-electron chi connectivity index (χ4n) is 2.17. The predicted octanol–water partition coefficient (Wildman–Crippen LogP) is 1.78. The van der Waals surface area contributed by atoms with E-state index in [4.69, 9.17) is 0 Å². The summed E-state index contributed by atoms with van der Waals surface area (Å²) in [5, 5.41) is 13.9. The van der Waals surface area contributed by atoms with Crippen molar-refractivity contribution in [1.82, 2.24) is 10.2 Å². The van der Waals surface area contributed by atoms with E-state index >= 15 is 0 Å². The minimum absolute atomic E-state index is 0.158. The van der Waals surface area contributed by atoms with Gasteiger partial charge in [-0.05, 0) is 18.5 Å². The van der Waals surface area contributed by atoms with Crippen LogP contribution in [0.25, 0.3) is 0 Å². The Kier molecular flexibility index (Phi) is 4.28. The van der Waals surface area contributed by atoms with Crippen LogP contribution in [0.15, 0.2) is 24.3 Å². The van der Waals surface area contributed by atoms with E-state index in [0.29, 0.717) is 6.04 Å². The number of nitrogens with zero attached hydrogens (tertiary/aromatic N) is 2. The summed E-state index contributed by atoms with van der Waals surface area (Å²) in [5.74, 6) is 0. The van der Waals surface area contributed by atoms with Crippen molar-refractivity contribution in [3.8, 4) is 0 Å². The normalized spacial score (nSPS) is 15.7. The zero-order valence-corrected chi connectivity index (χ0v) is 10.6. The van der Waals surface area contributed by atoms with Crippen molar-refractivity contribution in [3.05, 3.63) is 39.9 Å². The van der Waals surface area contributed by atoms with Crippen molar-refractivity contribution in [1.29, 1.82) is 0 Å². The maximum absolute atomic E-state index is 10.6. The molecule has 0 atom stereocenters. The molecule has 1 heterocycles. The molecule has 0 radical (unpaired) electrons. The number of rotatable bonds is 6. The van der Waals surface area contributed by atoms with Gasteiger partial charge in [-0.15, -0.1) is 0 Å². The molecule has 2 rings (SSSR count). The highest BCUT2D eigenvalue weighted by Crippen LogP contribution is 2.16. The smallest absolute Gasteiger partial charge is 0.269 e. The van der Waals surface area contributed by atoms with Gasteiger partial charge < -0.3 is 5.32 Å². The van der Waals surface area contributed by atoms with Gasteiger partial charge in [0.15, 0.2) is 0 Å². The zero-order valence-electron chi connectivity index (χ0n) is 10.6. The van der Waals surface area contributed by atoms with Crippen LogP contribution in [0.4, 0.5) is 5.69 Å². The second-order valence-corrected chi connectivity index (χ2v) is 4.71. The lowest BCUT2D eigenvalue weighted by molar-refractivity contribution is -0.384. The molecule has 0 aromatic heterocycles. The van der Waals surface area contributed by atoms with Crippen molar-refractivity contribution in [3.63, 3.8) is 0 Å². The van der Waals surface area contributed by atoms with Crippen molar-refractivity contribution in [2.45, 2.75) is 25.9 Å². The first-order valence-corrected chi connectivity index (χ1v) is 6.39. The monoisotopic (exact) mass is 249 g/mol. The van der Waals surface area contributed by atoms with Crippen LogP contribution in [0.1, 0.15) is 18.9 Å². The summed E-state index contributed by atoms with van der Waals surface area (Å²) in [7, 11) is 0. The first-order chi connectivity index (χ1) is 8.70. The van der Waals surface area contributed by atoms with Gasteiger partial charge in [-0.25, -0.2) is 0 Å². The van der Waals surface area contributed by atoms with Gasteiger partial charge in [0.25, 0.3) is 5.69 Å². The average molecular weight is 249 g/mol. The molecule has 1 N–H and O–H groups in total. The Morgan fingerprint density at radius 3 is 2.50 bits per heavy atom. The fourth-order valence-corrected chi connectivity index (χ4v) is 2.17. The molecule has 98 valence electrons. The Morgan fingerprint density at radius 2 is 2.06 bits per heavy atom. The van der Waals surface area contributed by atoms with Gasteiger partial charge in [0.05, 0.1) is 4.92 Å². The van der Waals surface area contributed by atoms with E-state index in [2.05, 4.69) is 17.1 Å². The number of nitro benzene ring substituents is 1. The minimum atomic E-state index is -0.358. The van der Waals surface area contributed by atoms with Crippen molar-refractivity contribution in [2.24, 2.45) is 0 Å². The van der Waals surface area contributed by atoms with Gasteiger partial charge >= 0.3 is 0 Å². The quantitative estimate of drug-likeness (QED) is 0.616. The molecule has 1 aliphatic heterocycles. The van der Waals surface area contributed by atoms with Crippen molar-refractivity contribution < 1.29 is 4.92 Å². The van der Waals surface area contributed by atoms with Gasteiger partial charge in [0.2, 0.25) is 0 Å². The number of nitro groups is 1. The van der Waals surface area contributed by atoms with E-state index in [1.807, 2.05) is 12.1 Å². The van der Waals surface area contributed by atoms with Crippen LogP contribution >= 0.6 is 0 Å². The summed E-state index contributed by atoms with van der Waals surface area (Å²) in [4.78, 5) is 12.7. The Bertz CT molecular complexity index is 401. The molecule has 1 aromatic rings. The summed E-state index contributed by atoms with van der Waals surface area (Å²) >= 11 is 0. The van der Waals surface area contributed by atoms with Crippen molar-refractivity contribution >= 4 is 5.69 Å². The average Bonchev–Trinajstić information content (AvgIpc) is 2.27. The highest BCUT2D eigenvalue weighted by molar-refractivity contribution is 5.32.